The summed E-state index contributed by atoms with van der Waals surface area (Å²) in [4.78, 5) is 25.2. The lowest BCUT2D eigenvalue weighted by Gasteiger charge is -2.28. The third kappa shape index (κ3) is 24.1. The van der Waals surface area contributed by atoms with E-state index >= 15 is 0 Å². The Morgan fingerprint density at radius 1 is 0.444 bits per heavy atom. The Hall–Kier alpha value is -2.36. The largest absolute Gasteiger partial charge is 0.507 e. The fourth-order valence-electron chi connectivity index (χ4n) is 7.37. The summed E-state index contributed by atoms with van der Waals surface area (Å²) in [6.45, 7) is 27.5. The van der Waals surface area contributed by atoms with Gasteiger partial charge in [0.15, 0.2) is 0 Å². The first-order valence-corrected chi connectivity index (χ1v) is 26.6. The van der Waals surface area contributed by atoms with Crippen LogP contribution in [0.3, 0.4) is 0 Å². The summed E-state index contributed by atoms with van der Waals surface area (Å²) < 4.78 is 10.9. The van der Waals surface area contributed by atoms with Gasteiger partial charge in [-0.3, -0.25) is 0 Å². The van der Waals surface area contributed by atoms with Crippen molar-refractivity contribution in [2.45, 2.75) is 214 Å². The van der Waals surface area contributed by atoms with Crippen LogP contribution >= 0.6 is 23.5 Å². The van der Waals surface area contributed by atoms with E-state index in [-0.39, 0.29) is 46.0 Å². The van der Waals surface area contributed by atoms with Crippen molar-refractivity contribution in [2.75, 3.05) is 42.8 Å². The summed E-state index contributed by atoms with van der Waals surface area (Å²) in [6.07, 6.45) is 22.3. The van der Waals surface area contributed by atoms with Gasteiger partial charge in [-0.25, -0.2) is 9.59 Å². The maximum absolute atomic E-state index is 12.8. The van der Waals surface area contributed by atoms with E-state index < -0.39 is 0 Å². The first-order chi connectivity index (χ1) is 29.5. The third-order valence-electron chi connectivity index (χ3n) is 11.2. The molecule has 2 rings (SSSR count). The van der Waals surface area contributed by atoms with Crippen LogP contribution in [0.1, 0.15) is 236 Å². The molecule has 0 saturated carbocycles. The van der Waals surface area contributed by atoms with Crippen LogP contribution in [0.15, 0.2) is 24.3 Å². The monoisotopic (exact) mass is 917 g/mol. The number of esters is 2. The number of aromatic hydroxyl groups is 2. The highest BCUT2D eigenvalue weighted by atomic mass is 32.2. The molecule has 0 fully saturated rings. The molecule has 362 valence electrons. The molecule has 0 aliphatic carbocycles. The van der Waals surface area contributed by atoms with Crippen LogP contribution in [0.4, 0.5) is 0 Å². The topological polar surface area (TPSA) is 113 Å². The lowest BCUT2D eigenvalue weighted by atomic mass is 9.78. The van der Waals surface area contributed by atoms with Crippen LogP contribution in [-0.2, 0) is 31.1 Å². The zero-order chi connectivity index (χ0) is 47.7. The number of thioether (sulfide) groups is 2. The van der Waals surface area contributed by atoms with Gasteiger partial charge in [-0.1, -0.05) is 186 Å². The van der Waals surface area contributed by atoms with Gasteiger partial charge in [0, 0.05) is 39.5 Å². The molecular weight excluding hydrogens is 825 g/mol. The molecule has 2 aromatic carbocycles. The number of rotatable bonds is 27. The Bertz CT molecular complexity index is 1520. The number of phenols is 2. The fourth-order valence-corrected chi connectivity index (χ4v) is 8.71. The van der Waals surface area contributed by atoms with Gasteiger partial charge in [0.2, 0.25) is 0 Å². The van der Waals surface area contributed by atoms with E-state index in [9.17, 15) is 19.8 Å². The number of benzene rings is 2. The minimum atomic E-state index is -0.379. The summed E-state index contributed by atoms with van der Waals surface area (Å²) in [5.41, 5.74) is 2.99. The first kappa shape index (κ1) is 58.7. The van der Waals surface area contributed by atoms with Crippen LogP contribution in [0.5, 0.6) is 11.5 Å². The number of aliphatic hydroxyl groups excluding tert-OH is 1. The summed E-state index contributed by atoms with van der Waals surface area (Å²) in [7, 11) is 0. The van der Waals surface area contributed by atoms with Crippen molar-refractivity contribution in [3.05, 3.63) is 57.6 Å². The molecule has 0 radical (unpaired) electrons. The molecule has 2 aromatic rings. The summed E-state index contributed by atoms with van der Waals surface area (Å²) in [5, 5.41) is 30.3. The summed E-state index contributed by atoms with van der Waals surface area (Å²) in [6, 6.07) is 7.06. The van der Waals surface area contributed by atoms with Crippen molar-refractivity contribution in [3.63, 3.8) is 0 Å². The number of carbonyl (C=O) groups excluding carboxylic acids is 2. The first-order valence-electron chi connectivity index (χ1n) is 24.3. The standard InChI is InChI=1S/C35H62O3S.C19H30O4S/c1-8-9-10-11-12-13-14-15-16-17-18-19-20-21-22-23-25-39-26-24-38-33(37)29-27-30(34(2,3)4)32(36)31(28-29)35(5,6)7;1-18(2,3)14-11-13(12-15(16(14)21)19(4,5)6)17(22)23-8-10-24-9-7-20/h27-28,36H,8-26H2,1-7H3;11-12,20-21H,7-10H2,1-6H3. The number of hydrogen-bond donors (Lipinski definition) is 3. The molecule has 0 unspecified atom stereocenters. The number of hydrogen-bond acceptors (Lipinski definition) is 9. The normalized spacial score (nSPS) is 12.2. The highest BCUT2D eigenvalue weighted by Gasteiger charge is 2.29. The van der Waals surface area contributed by atoms with Crippen molar-refractivity contribution < 1.29 is 34.4 Å². The van der Waals surface area contributed by atoms with Crippen molar-refractivity contribution >= 4 is 35.5 Å². The molecule has 0 saturated heterocycles. The smallest absolute Gasteiger partial charge is 0.338 e. The van der Waals surface area contributed by atoms with Gasteiger partial charge in [0.1, 0.15) is 24.7 Å². The SMILES string of the molecule is CC(C)(C)c1cc(C(=O)OCCSCCO)cc(C(C)(C)C)c1O.CCCCCCCCCCCCCCCCCCSCCOC(=O)c1cc(C(C)(C)C)c(O)c(C(C)(C)C)c1. The average Bonchev–Trinajstić information content (AvgIpc) is 3.18. The highest BCUT2D eigenvalue weighted by molar-refractivity contribution is 7.99. The van der Waals surface area contributed by atoms with E-state index in [1.54, 1.807) is 36.0 Å². The van der Waals surface area contributed by atoms with Crippen LogP contribution in [0.25, 0.3) is 0 Å². The number of ether oxygens (including phenoxy) is 2. The van der Waals surface area contributed by atoms with Gasteiger partial charge in [0.05, 0.1) is 17.7 Å². The lowest BCUT2D eigenvalue weighted by Crippen LogP contribution is -2.19. The van der Waals surface area contributed by atoms with Gasteiger partial charge in [0.25, 0.3) is 0 Å². The van der Waals surface area contributed by atoms with Crippen LogP contribution in [0.2, 0.25) is 0 Å². The molecule has 63 heavy (non-hydrogen) atoms. The van der Waals surface area contributed by atoms with E-state index in [0.717, 1.165) is 33.8 Å². The fraction of sp³-hybridized carbons (Fsp3) is 0.741. The van der Waals surface area contributed by atoms with Gasteiger partial charge < -0.3 is 24.8 Å². The van der Waals surface area contributed by atoms with E-state index in [2.05, 4.69) is 48.5 Å². The van der Waals surface area contributed by atoms with Crippen molar-refractivity contribution in [3.8, 4) is 11.5 Å². The predicted octanol–water partition coefficient (Wildman–Crippen LogP) is 15.0. The van der Waals surface area contributed by atoms with E-state index in [1.165, 1.54) is 103 Å². The Morgan fingerprint density at radius 3 is 0.984 bits per heavy atom. The Balaban J connectivity index is 0.000000706. The Kier molecular flexibility index (Phi) is 28.0. The zero-order valence-corrected chi connectivity index (χ0v) is 44.0. The van der Waals surface area contributed by atoms with E-state index in [0.29, 0.717) is 41.6 Å². The predicted molar refractivity (Wildman–Crippen MR) is 273 cm³/mol. The van der Waals surface area contributed by atoms with Gasteiger partial charge in [-0.05, 0) is 58.1 Å². The van der Waals surface area contributed by atoms with Crippen molar-refractivity contribution in [1.82, 2.24) is 0 Å². The number of carbonyl (C=O) groups is 2. The molecule has 0 aliphatic rings. The zero-order valence-electron chi connectivity index (χ0n) is 42.4. The average molecular weight is 917 g/mol. The molecule has 0 bridgehead atoms. The molecule has 3 N–H and O–H groups in total. The minimum Gasteiger partial charge on any atom is -0.507 e. The molecule has 7 nitrogen and oxygen atoms in total. The quantitative estimate of drug-likeness (QED) is 0.0595. The second-order valence-corrected chi connectivity index (χ2v) is 23.8. The molecule has 0 atom stereocenters. The molecule has 0 spiro atoms. The Labute approximate surface area is 394 Å². The second kappa shape index (κ2) is 30.0. The summed E-state index contributed by atoms with van der Waals surface area (Å²) >= 11 is 3.42. The van der Waals surface area contributed by atoms with Gasteiger partial charge in [-0.2, -0.15) is 23.5 Å². The molecule has 0 heterocycles. The molecule has 0 aliphatic heterocycles. The molecule has 0 amide bonds. The highest BCUT2D eigenvalue weighted by Crippen LogP contribution is 2.41. The second-order valence-electron chi connectivity index (χ2n) is 21.4. The van der Waals surface area contributed by atoms with Crippen LogP contribution in [0, 0.1) is 0 Å². The van der Waals surface area contributed by atoms with Crippen LogP contribution < -0.4 is 0 Å². The van der Waals surface area contributed by atoms with Crippen molar-refractivity contribution in [1.29, 1.82) is 0 Å². The van der Waals surface area contributed by atoms with Crippen molar-refractivity contribution in [2.24, 2.45) is 0 Å². The van der Waals surface area contributed by atoms with Crippen LogP contribution in [-0.4, -0.2) is 70.1 Å². The lowest BCUT2D eigenvalue weighted by molar-refractivity contribution is 0.0520. The van der Waals surface area contributed by atoms with E-state index in [1.807, 2.05) is 53.3 Å². The number of unbranched alkanes of at least 4 members (excludes halogenated alkanes) is 15. The summed E-state index contributed by atoms with van der Waals surface area (Å²) in [5.74, 6) is 3.13. The number of aliphatic hydroxyl groups is 1. The Morgan fingerprint density at radius 2 is 0.714 bits per heavy atom. The molecule has 9 heteroatoms. The number of phenolic OH excluding ortho intramolecular Hbond substituents is 2. The van der Waals surface area contributed by atoms with Gasteiger partial charge >= 0.3 is 11.9 Å². The van der Waals surface area contributed by atoms with E-state index in [4.69, 9.17) is 14.6 Å². The molecular formula is C54H92O7S2. The molecule has 0 aromatic heterocycles. The maximum Gasteiger partial charge on any atom is 0.338 e. The maximum atomic E-state index is 12.8. The third-order valence-corrected chi connectivity index (χ3v) is 13.2. The minimum absolute atomic E-state index is 0.125. The van der Waals surface area contributed by atoms with Gasteiger partial charge in [-0.15, -0.1) is 0 Å².